The molecule has 0 saturated carbocycles. The standard InChI is InChI=1S/C12H19BFNO2/c1-4-9(2)15(3)8-10-5-6-11(14)7-12(10)13(16)17/h5-7,9,16-17H,4,8H2,1-3H3. The zero-order valence-corrected chi connectivity index (χ0v) is 10.5. The van der Waals surface area contributed by atoms with Crippen LogP contribution in [0.4, 0.5) is 4.39 Å². The van der Waals surface area contributed by atoms with E-state index in [9.17, 15) is 14.4 Å². The van der Waals surface area contributed by atoms with Gasteiger partial charge < -0.3 is 10.0 Å². The predicted octanol–water partition coefficient (Wildman–Crippen LogP) is 0.736. The molecule has 1 aromatic carbocycles. The Kier molecular flexibility index (Phi) is 5.12. The molecule has 0 spiro atoms. The van der Waals surface area contributed by atoms with Crippen molar-refractivity contribution in [3.8, 4) is 0 Å². The maximum atomic E-state index is 13.0. The van der Waals surface area contributed by atoms with Gasteiger partial charge in [0, 0.05) is 12.6 Å². The van der Waals surface area contributed by atoms with E-state index < -0.39 is 12.9 Å². The Hall–Kier alpha value is -0.905. The van der Waals surface area contributed by atoms with Gasteiger partial charge in [-0.05, 0) is 43.6 Å². The molecule has 1 aromatic rings. The highest BCUT2D eigenvalue weighted by atomic mass is 19.1. The third-order valence-electron chi connectivity index (χ3n) is 3.15. The normalized spacial score (nSPS) is 12.9. The zero-order valence-electron chi connectivity index (χ0n) is 10.5. The van der Waals surface area contributed by atoms with E-state index in [2.05, 4.69) is 18.7 Å². The number of hydrogen-bond donors (Lipinski definition) is 2. The lowest BCUT2D eigenvalue weighted by Gasteiger charge is -2.24. The summed E-state index contributed by atoms with van der Waals surface area (Å²) in [5, 5.41) is 18.4. The van der Waals surface area contributed by atoms with Gasteiger partial charge in [0.1, 0.15) is 5.82 Å². The van der Waals surface area contributed by atoms with Crippen molar-refractivity contribution in [3.63, 3.8) is 0 Å². The number of halogens is 1. The Morgan fingerprint density at radius 3 is 2.59 bits per heavy atom. The second-order valence-corrected chi connectivity index (χ2v) is 4.39. The second kappa shape index (κ2) is 6.14. The molecule has 17 heavy (non-hydrogen) atoms. The van der Waals surface area contributed by atoms with Crippen LogP contribution in [0.15, 0.2) is 18.2 Å². The van der Waals surface area contributed by atoms with E-state index in [-0.39, 0.29) is 5.46 Å². The highest BCUT2D eigenvalue weighted by Gasteiger charge is 2.18. The fraction of sp³-hybridized carbons (Fsp3) is 0.500. The van der Waals surface area contributed by atoms with Crippen LogP contribution in [0.2, 0.25) is 0 Å². The van der Waals surface area contributed by atoms with Crippen LogP contribution < -0.4 is 5.46 Å². The molecule has 0 aliphatic rings. The molecule has 0 bridgehead atoms. The Bertz CT molecular complexity index is 374. The van der Waals surface area contributed by atoms with Crippen LogP contribution in [-0.4, -0.2) is 35.2 Å². The Morgan fingerprint density at radius 1 is 1.41 bits per heavy atom. The van der Waals surface area contributed by atoms with E-state index in [1.165, 1.54) is 12.1 Å². The maximum Gasteiger partial charge on any atom is 0.488 e. The molecule has 1 unspecified atom stereocenters. The van der Waals surface area contributed by atoms with E-state index in [4.69, 9.17) is 0 Å². The first kappa shape index (κ1) is 14.2. The molecule has 0 fully saturated rings. The summed E-state index contributed by atoms with van der Waals surface area (Å²) < 4.78 is 13.0. The van der Waals surface area contributed by atoms with Crippen molar-refractivity contribution in [1.82, 2.24) is 4.90 Å². The molecule has 94 valence electrons. The van der Waals surface area contributed by atoms with Crippen molar-refractivity contribution in [1.29, 1.82) is 0 Å². The minimum Gasteiger partial charge on any atom is -0.423 e. The van der Waals surface area contributed by atoms with Gasteiger partial charge in [-0.15, -0.1) is 0 Å². The highest BCUT2D eigenvalue weighted by molar-refractivity contribution is 6.59. The van der Waals surface area contributed by atoms with Gasteiger partial charge in [0.2, 0.25) is 0 Å². The SMILES string of the molecule is CCC(C)N(C)Cc1ccc(F)cc1B(O)O. The van der Waals surface area contributed by atoms with Crippen molar-refractivity contribution >= 4 is 12.6 Å². The molecule has 5 heteroatoms. The van der Waals surface area contributed by atoms with Gasteiger partial charge in [0.05, 0.1) is 0 Å². The van der Waals surface area contributed by atoms with Crippen LogP contribution in [-0.2, 0) is 6.54 Å². The third-order valence-corrected chi connectivity index (χ3v) is 3.15. The second-order valence-electron chi connectivity index (χ2n) is 4.39. The van der Waals surface area contributed by atoms with Crippen molar-refractivity contribution in [2.45, 2.75) is 32.9 Å². The Morgan fingerprint density at radius 2 is 2.06 bits per heavy atom. The number of nitrogens with zero attached hydrogens (tertiary/aromatic N) is 1. The van der Waals surface area contributed by atoms with Crippen LogP contribution in [0, 0.1) is 5.82 Å². The summed E-state index contributed by atoms with van der Waals surface area (Å²) >= 11 is 0. The summed E-state index contributed by atoms with van der Waals surface area (Å²) in [4.78, 5) is 2.10. The third kappa shape index (κ3) is 3.80. The van der Waals surface area contributed by atoms with Crippen LogP contribution in [0.1, 0.15) is 25.8 Å². The Labute approximate surface area is 102 Å². The van der Waals surface area contributed by atoms with Gasteiger partial charge in [-0.1, -0.05) is 13.0 Å². The van der Waals surface area contributed by atoms with E-state index >= 15 is 0 Å². The topological polar surface area (TPSA) is 43.7 Å². The van der Waals surface area contributed by atoms with Gasteiger partial charge in [-0.2, -0.15) is 0 Å². The summed E-state index contributed by atoms with van der Waals surface area (Å²) in [5.74, 6) is -0.456. The van der Waals surface area contributed by atoms with Gasteiger partial charge in [-0.25, -0.2) is 4.39 Å². The summed E-state index contributed by atoms with van der Waals surface area (Å²) in [6.45, 7) is 4.76. The largest absolute Gasteiger partial charge is 0.488 e. The fourth-order valence-electron chi connectivity index (χ4n) is 1.69. The van der Waals surface area contributed by atoms with Crippen molar-refractivity contribution < 1.29 is 14.4 Å². The van der Waals surface area contributed by atoms with E-state index in [1.54, 1.807) is 6.07 Å². The lowest BCUT2D eigenvalue weighted by Crippen LogP contribution is -2.37. The van der Waals surface area contributed by atoms with E-state index in [0.717, 1.165) is 12.0 Å². The smallest absolute Gasteiger partial charge is 0.423 e. The van der Waals surface area contributed by atoms with Crippen LogP contribution >= 0.6 is 0 Å². The molecule has 0 radical (unpaired) electrons. The van der Waals surface area contributed by atoms with Gasteiger partial charge in [-0.3, -0.25) is 4.90 Å². The molecule has 0 aliphatic carbocycles. The monoisotopic (exact) mass is 239 g/mol. The molecular formula is C12H19BFNO2. The van der Waals surface area contributed by atoms with E-state index in [0.29, 0.717) is 12.6 Å². The number of benzene rings is 1. The molecule has 2 N–H and O–H groups in total. The molecule has 0 saturated heterocycles. The Balaban J connectivity index is 2.90. The average molecular weight is 239 g/mol. The molecular weight excluding hydrogens is 220 g/mol. The lowest BCUT2D eigenvalue weighted by molar-refractivity contribution is 0.244. The molecule has 0 aliphatic heterocycles. The molecule has 0 heterocycles. The molecule has 3 nitrogen and oxygen atoms in total. The van der Waals surface area contributed by atoms with Gasteiger partial charge in [0.25, 0.3) is 0 Å². The number of hydrogen-bond acceptors (Lipinski definition) is 3. The van der Waals surface area contributed by atoms with Crippen LogP contribution in [0.25, 0.3) is 0 Å². The summed E-state index contributed by atoms with van der Waals surface area (Å²) in [7, 11) is 0.330. The zero-order chi connectivity index (χ0) is 13.0. The first-order valence-corrected chi connectivity index (χ1v) is 5.80. The van der Waals surface area contributed by atoms with E-state index in [1.807, 2.05) is 7.05 Å². The van der Waals surface area contributed by atoms with Gasteiger partial charge >= 0.3 is 7.12 Å². The molecule has 0 aromatic heterocycles. The quantitative estimate of drug-likeness (QED) is 0.744. The van der Waals surface area contributed by atoms with Crippen molar-refractivity contribution in [3.05, 3.63) is 29.6 Å². The van der Waals surface area contributed by atoms with Crippen molar-refractivity contribution in [2.24, 2.45) is 0 Å². The first-order valence-electron chi connectivity index (χ1n) is 5.80. The summed E-state index contributed by atoms with van der Waals surface area (Å²) in [5.41, 5.74) is 0.976. The lowest BCUT2D eigenvalue weighted by atomic mass is 9.77. The molecule has 0 amide bonds. The van der Waals surface area contributed by atoms with Crippen LogP contribution in [0.5, 0.6) is 0 Å². The fourth-order valence-corrected chi connectivity index (χ4v) is 1.69. The average Bonchev–Trinajstić information content (AvgIpc) is 2.29. The highest BCUT2D eigenvalue weighted by Crippen LogP contribution is 2.08. The first-order chi connectivity index (χ1) is 7.95. The summed E-state index contributed by atoms with van der Waals surface area (Å²) in [6.07, 6.45) is 1.01. The molecule has 1 rings (SSSR count). The number of rotatable bonds is 5. The minimum atomic E-state index is -1.63. The molecule has 1 atom stereocenters. The minimum absolute atomic E-state index is 0.236. The summed E-state index contributed by atoms with van der Waals surface area (Å²) in [6, 6.07) is 4.50. The predicted molar refractivity (Wildman–Crippen MR) is 67.4 cm³/mol. The van der Waals surface area contributed by atoms with Gasteiger partial charge in [0.15, 0.2) is 0 Å². The van der Waals surface area contributed by atoms with Crippen LogP contribution in [0.3, 0.4) is 0 Å². The van der Waals surface area contributed by atoms with Crippen molar-refractivity contribution in [2.75, 3.05) is 7.05 Å². The maximum absolute atomic E-state index is 13.0.